The molecule has 0 spiro atoms. The molecule has 1 unspecified atom stereocenters. The van der Waals surface area contributed by atoms with Crippen LogP contribution in [0.5, 0.6) is 0 Å². The molecule has 5 nitrogen and oxygen atoms in total. The van der Waals surface area contributed by atoms with Crippen LogP contribution in [0.2, 0.25) is 0 Å². The van der Waals surface area contributed by atoms with Gasteiger partial charge in [-0.15, -0.1) is 11.8 Å². The molecule has 118 valence electrons. The molecule has 1 atom stereocenters. The van der Waals surface area contributed by atoms with Gasteiger partial charge in [0.25, 0.3) is 0 Å². The molecule has 22 heavy (non-hydrogen) atoms. The van der Waals surface area contributed by atoms with Gasteiger partial charge in [0, 0.05) is 11.6 Å². The normalized spacial score (nSPS) is 12.4. The van der Waals surface area contributed by atoms with Crippen molar-refractivity contribution in [2.75, 3.05) is 5.75 Å². The van der Waals surface area contributed by atoms with Gasteiger partial charge in [0.05, 0.1) is 11.5 Å². The van der Waals surface area contributed by atoms with Crippen LogP contribution in [0.15, 0.2) is 34.9 Å². The quantitative estimate of drug-likeness (QED) is 0.849. The van der Waals surface area contributed by atoms with Gasteiger partial charge < -0.3 is 9.84 Å². The molecular weight excluding hydrogens is 298 g/mol. The summed E-state index contributed by atoms with van der Waals surface area (Å²) >= 11 is 1.47. The highest BCUT2D eigenvalue weighted by Gasteiger charge is 2.12. The van der Waals surface area contributed by atoms with E-state index < -0.39 is 0 Å². The van der Waals surface area contributed by atoms with E-state index in [0.717, 1.165) is 5.56 Å². The molecule has 2 rings (SSSR count). The van der Waals surface area contributed by atoms with Gasteiger partial charge in [-0.05, 0) is 12.8 Å². The van der Waals surface area contributed by atoms with Crippen LogP contribution >= 0.6 is 11.8 Å². The third-order valence-electron chi connectivity index (χ3n) is 3.35. The predicted octanol–water partition coefficient (Wildman–Crippen LogP) is 3.13. The average molecular weight is 319 g/mol. The zero-order chi connectivity index (χ0) is 15.9. The number of thioether (sulfide) groups is 1. The summed E-state index contributed by atoms with van der Waals surface area (Å²) in [5.41, 5.74) is 0.922. The molecule has 2 aromatic rings. The lowest BCUT2D eigenvalue weighted by Gasteiger charge is -2.16. The van der Waals surface area contributed by atoms with Crippen molar-refractivity contribution in [2.45, 2.75) is 32.6 Å². The number of aromatic nitrogens is 2. The summed E-state index contributed by atoms with van der Waals surface area (Å²) in [5, 5.41) is 6.93. The van der Waals surface area contributed by atoms with Crippen molar-refractivity contribution in [3.05, 3.63) is 36.2 Å². The summed E-state index contributed by atoms with van der Waals surface area (Å²) in [6.45, 7) is 6.18. The molecule has 6 heteroatoms. The Labute approximate surface area is 134 Å². The van der Waals surface area contributed by atoms with Crippen LogP contribution < -0.4 is 5.32 Å². The second-order valence-corrected chi connectivity index (χ2v) is 6.46. The summed E-state index contributed by atoms with van der Waals surface area (Å²) < 4.78 is 5.21. The number of hydrogen-bond donors (Lipinski definition) is 1. The Morgan fingerprint density at radius 2 is 2.00 bits per heavy atom. The second-order valence-electron chi connectivity index (χ2n) is 5.47. The lowest BCUT2D eigenvalue weighted by atomic mass is 10.1. The first-order valence-corrected chi connectivity index (χ1v) is 8.47. The highest BCUT2D eigenvalue weighted by atomic mass is 32.2. The van der Waals surface area contributed by atoms with Crippen LogP contribution in [0.1, 0.15) is 26.7 Å². The number of carbonyl (C=O) groups excluding carboxylic acids is 1. The molecule has 1 aromatic heterocycles. The van der Waals surface area contributed by atoms with Gasteiger partial charge >= 0.3 is 0 Å². The molecule has 1 N–H and O–H groups in total. The van der Waals surface area contributed by atoms with E-state index in [-0.39, 0.29) is 11.9 Å². The number of rotatable bonds is 7. The average Bonchev–Trinajstić information content (AvgIpc) is 2.97. The second kappa shape index (κ2) is 7.98. The molecule has 0 aliphatic heterocycles. The summed E-state index contributed by atoms with van der Waals surface area (Å²) in [6.07, 6.45) is 0. The summed E-state index contributed by atoms with van der Waals surface area (Å²) in [7, 11) is 0. The maximum Gasteiger partial charge on any atom is 0.236 e. The fourth-order valence-corrected chi connectivity index (χ4v) is 2.37. The van der Waals surface area contributed by atoms with Crippen molar-refractivity contribution >= 4 is 17.7 Å². The number of benzene rings is 1. The van der Waals surface area contributed by atoms with Crippen LogP contribution in [-0.4, -0.2) is 27.8 Å². The Kier molecular flexibility index (Phi) is 6.00. The third-order valence-corrected chi connectivity index (χ3v) is 4.26. The number of carbonyl (C=O) groups is 1. The topological polar surface area (TPSA) is 68.0 Å². The molecular formula is C16H21N3O2S. The van der Waals surface area contributed by atoms with Gasteiger partial charge in [0.15, 0.2) is 0 Å². The Morgan fingerprint density at radius 1 is 1.27 bits per heavy atom. The monoisotopic (exact) mass is 319 g/mol. The van der Waals surface area contributed by atoms with Crippen LogP contribution in [0.4, 0.5) is 0 Å². The van der Waals surface area contributed by atoms with E-state index in [2.05, 4.69) is 29.3 Å². The van der Waals surface area contributed by atoms with Crippen LogP contribution in [0.3, 0.4) is 0 Å². The van der Waals surface area contributed by atoms with Crippen LogP contribution in [0, 0.1) is 5.92 Å². The standard InChI is InChI=1S/C16H21N3O2S/c1-11(2)12(3)17-14(20)9-22-10-15-18-16(19-21-15)13-7-5-4-6-8-13/h4-8,11-12H,9-10H2,1-3H3,(H,17,20). The van der Waals surface area contributed by atoms with E-state index in [1.165, 1.54) is 11.8 Å². The van der Waals surface area contributed by atoms with Crippen molar-refractivity contribution < 1.29 is 9.32 Å². The first-order valence-electron chi connectivity index (χ1n) is 7.31. The van der Waals surface area contributed by atoms with Gasteiger partial charge in [0.2, 0.25) is 17.6 Å². The number of hydrogen-bond acceptors (Lipinski definition) is 5. The molecule has 1 amide bonds. The zero-order valence-corrected chi connectivity index (χ0v) is 13.9. The lowest BCUT2D eigenvalue weighted by molar-refractivity contribution is -0.119. The van der Waals surface area contributed by atoms with E-state index in [0.29, 0.717) is 29.1 Å². The minimum absolute atomic E-state index is 0.0361. The van der Waals surface area contributed by atoms with Crippen molar-refractivity contribution in [1.29, 1.82) is 0 Å². The molecule has 0 aliphatic carbocycles. The molecule has 0 bridgehead atoms. The minimum Gasteiger partial charge on any atom is -0.353 e. The van der Waals surface area contributed by atoms with Crippen LogP contribution in [0.25, 0.3) is 11.4 Å². The zero-order valence-electron chi connectivity index (χ0n) is 13.1. The fraction of sp³-hybridized carbons (Fsp3) is 0.438. The van der Waals surface area contributed by atoms with Crippen molar-refractivity contribution in [2.24, 2.45) is 5.92 Å². The fourth-order valence-electron chi connectivity index (χ4n) is 1.71. The Bertz CT molecular complexity index is 598. The predicted molar refractivity (Wildman–Crippen MR) is 88.3 cm³/mol. The van der Waals surface area contributed by atoms with Gasteiger partial charge in [-0.3, -0.25) is 4.79 Å². The Morgan fingerprint density at radius 3 is 2.68 bits per heavy atom. The lowest BCUT2D eigenvalue weighted by Crippen LogP contribution is -2.37. The minimum atomic E-state index is 0.0361. The molecule has 0 radical (unpaired) electrons. The van der Waals surface area contributed by atoms with Gasteiger partial charge in [0.1, 0.15) is 0 Å². The largest absolute Gasteiger partial charge is 0.353 e. The SMILES string of the molecule is CC(C)C(C)NC(=O)CSCc1nc(-c2ccccc2)no1. The van der Waals surface area contributed by atoms with Crippen molar-refractivity contribution in [3.8, 4) is 11.4 Å². The van der Waals surface area contributed by atoms with E-state index in [1.807, 2.05) is 37.3 Å². The number of nitrogens with one attached hydrogen (secondary N) is 1. The Hall–Kier alpha value is -1.82. The van der Waals surface area contributed by atoms with Gasteiger partial charge in [-0.2, -0.15) is 4.98 Å². The van der Waals surface area contributed by atoms with E-state index in [4.69, 9.17) is 4.52 Å². The summed E-state index contributed by atoms with van der Waals surface area (Å²) in [4.78, 5) is 16.1. The molecule has 0 aliphatic rings. The first-order chi connectivity index (χ1) is 10.6. The number of amides is 1. The highest BCUT2D eigenvalue weighted by Crippen LogP contribution is 2.17. The van der Waals surface area contributed by atoms with E-state index in [1.54, 1.807) is 0 Å². The van der Waals surface area contributed by atoms with E-state index in [9.17, 15) is 4.79 Å². The number of nitrogens with zero attached hydrogens (tertiary/aromatic N) is 2. The van der Waals surface area contributed by atoms with Crippen molar-refractivity contribution in [1.82, 2.24) is 15.5 Å². The molecule has 0 saturated heterocycles. The molecule has 1 heterocycles. The first kappa shape index (κ1) is 16.5. The van der Waals surface area contributed by atoms with Gasteiger partial charge in [-0.1, -0.05) is 49.3 Å². The Balaban J connectivity index is 1.78. The third kappa shape index (κ3) is 4.87. The van der Waals surface area contributed by atoms with Crippen molar-refractivity contribution in [3.63, 3.8) is 0 Å². The molecule has 1 aromatic carbocycles. The smallest absolute Gasteiger partial charge is 0.236 e. The molecule has 0 fully saturated rings. The van der Waals surface area contributed by atoms with Gasteiger partial charge in [-0.25, -0.2) is 0 Å². The summed E-state index contributed by atoms with van der Waals surface area (Å²) in [6, 6.07) is 9.85. The summed E-state index contributed by atoms with van der Waals surface area (Å²) in [5.74, 6) is 2.50. The van der Waals surface area contributed by atoms with E-state index >= 15 is 0 Å². The maximum absolute atomic E-state index is 11.8. The maximum atomic E-state index is 11.8. The highest BCUT2D eigenvalue weighted by molar-refractivity contribution is 7.99. The van der Waals surface area contributed by atoms with Crippen LogP contribution in [-0.2, 0) is 10.5 Å². The molecule has 0 saturated carbocycles.